The highest BCUT2D eigenvalue weighted by Gasteiger charge is 2.24. The lowest BCUT2D eigenvalue weighted by molar-refractivity contribution is -0.151. The van der Waals surface area contributed by atoms with Gasteiger partial charge in [-0.3, -0.25) is 9.59 Å². The maximum Gasteiger partial charge on any atom is 0.306 e. The van der Waals surface area contributed by atoms with Crippen LogP contribution >= 0.6 is 0 Å². The summed E-state index contributed by atoms with van der Waals surface area (Å²) in [6.07, 6.45) is 64.6. The molecule has 0 aliphatic rings. The highest BCUT2D eigenvalue weighted by Crippen LogP contribution is 2.18. The predicted octanol–water partition coefficient (Wildman–Crippen LogP) is 17.4. The molecule has 0 aromatic carbocycles. The van der Waals surface area contributed by atoms with Gasteiger partial charge in [0.15, 0.2) is 0 Å². The number of nitrogens with one attached hydrogen (secondary N) is 1. The van der Waals surface area contributed by atoms with E-state index < -0.39 is 18.2 Å². The number of hydrogen-bond acceptors (Lipinski definition) is 5. The summed E-state index contributed by atoms with van der Waals surface area (Å²) in [6, 6.07) is -0.712. The number of amides is 1. The molecule has 65 heavy (non-hydrogen) atoms. The molecule has 0 aromatic heterocycles. The van der Waals surface area contributed by atoms with E-state index in [2.05, 4.69) is 74.7 Å². The molecular formula is C59H109NO5. The van der Waals surface area contributed by atoms with E-state index >= 15 is 0 Å². The summed E-state index contributed by atoms with van der Waals surface area (Å²) in [7, 11) is 0. The van der Waals surface area contributed by atoms with Crippen LogP contribution in [0.2, 0.25) is 0 Å². The zero-order valence-corrected chi connectivity index (χ0v) is 43.4. The Morgan fingerprint density at radius 3 is 1.35 bits per heavy atom. The van der Waals surface area contributed by atoms with Gasteiger partial charge in [-0.15, -0.1) is 0 Å². The molecule has 0 radical (unpaired) electrons. The Kier molecular flexibility index (Phi) is 51.0. The molecule has 3 atom stereocenters. The van der Waals surface area contributed by atoms with Gasteiger partial charge in [0.05, 0.1) is 25.2 Å². The number of allylic oxidation sites excluding steroid dienone is 8. The van der Waals surface area contributed by atoms with Gasteiger partial charge < -0.3 is 20.3 Å². The summed E-state index contributed by atoms with van der Waals surface area (Å²) in [4.78, 5) is 26.2. The lowest BCUT2D eigenvalue weighted by atomic mass is 10.0. The first kappa shape index (κ1) is 62.8. The fourth-order valence-electron chi connectivity index (χ4n) is 8.64. The van der Waals surface area contributed by atoms with E-state index in [1.165, 1.54) is 154 Å². The normalized spacial score (nSPS) is 13.5. The average Bonchev–Trinajstić information content (AvgIpc) is 3.30. The number of esters is 1. The van der Waals surface area contributed by atoms with Crippen molar-refractivity contribution in [3.8, 4) is 0 Å². The molecule has 0 aliphatic heterocycles. The molecule has 0 fully saturated rings. The Labute approximate surface area is 404 Å². The number of rotatable bonds is 51. The first-order valence-electron chi connectivity index (χ1n) is 28.4. The summed E-state index contributed by atoms with van der Waals surface area (Å²) < 4.78 is 5.94. The molecule has 380 valence electrons. The van der Waals surface area contributed by atoms with Crippen LogP contribution in [-0.4, -0.2) is 46.9 Å². The van der Waals surface area contributed by atoms with E-state index in [1.54, 1.807) is 0 Å². The van der Waals surface area contributed by atoms with Crippen LogP contribution in [0.25, 0.3) is 0 Å². The van der Waals surface area contributed by atoms with Crippen molar-refractivity contribution in [2.75, 3.05) is 6.61 Å². The molecule has 0 rings (SSSR count). The van der Waals surface area contributed by atoms with Gasteiger partial charge in [0.1, 0.15) is 6.10 Å². The van der Waals surface area contributed by atoms with Crippen LogP contribution in [-0.2, 0) is 14.3 Å². The van der Waals surface area contributed by atoms with E-state index in [0.717, 1.165) is 89.9 Å². The smallest absolute Gasteiger partial charge is 0.306 e. The van der Waals surface area contributed by atoms with Crippen molar-refractivity contribution in [2.24, 2.45) is 0 Å². The lowest BCUT2D eigenvalue weighted by Gasteiger charge is -2.24. The molecule has 0 saturated carbocycles. The Morgan fingerprint density at radius 2 is 0.877 bits per heavy atom. The van der Waals surface area contributed by atoms with Gasteiger partial charge in [-0.25, -0.2) is 0 Å². The number of carbonyl (C=O) groups excluding carboxylic acids is 2. The molecule has 0 bridgehead atoms. The van der Waals surface area contributed by atoms with Crippen molar-refractivity contribution >= 4 is 11.9 Å². The van der Waals surface area contributed by atoms with Gasteiger partial charge in [0, 0.05) is 6.42 Å². The Morgan fingerprint density at radius 1 is 0.477 bits per heavy atom. The quantitative estimate of drug-likeness (QED) is 0.0245. The monoisotopic (exact) mass is 912 g/mol. The van der Waals surface area contributed by atoms with Crippen molar-refractivity contribution < 1.29 is 24.5 Å². The van der Waals surface area contributed by atoms with Crippen molar-refractivity contribution in [3.63, 3.8) is 0 Å². The number of ether oxygens (including phenoxy) is 1. The van der Waals surface area contributed by atoms with Crippen LogP contribution in [0, 0.1) is 0 Å². The fraction of sp³-hybridized carbons (Fsp3) is 0.831. The fourth-order valence-corrected chi connectivity index (χ4v) is 8.64. The van der Waals surface area contributed by atoms with Crippen molar-refractivity contribution in [1.29, 1.82) is 0 Å². The van der Waals surface area contributed by atoms with Crippen LogP contribution < -0.4 is 5.32 Å². The highest BCUT2D eigenvalue weighted by atomic mass is 16.5. The van der Waals surface area contributed by atoms with Crippen molar-refractivity contribution in [2.45, 2.75) is 309 Å². The van der Waals surface area contributed by atoms with E-state index in [9.17, 15) is 19.8 Å². The summed E-state index contributed by atoms with van der Waals surface area (Å²) in [5.41, 5.74) is 0. The summed E-state index contributed by atoms with van der Waals surface area (Å²) in [5.74, 6) is -0.500. The zero-order valence-electron chi connectivity index (χ0n) is 43.4. The van der Waals surface area contributed by atoms with E-state index in [-0.39, 0.29) is 24.9 Å². The summed E-state index contributed by atoms with van der Waals surface area (Å²) >= 11 is 0. The highest BCUT2D eigenvalue weighted by molar-refractivity contribution is 5.77. The first-order chi connectivity index (χ1) is 32.0. The third kappa shape index (κ3) is 48.1. The molecule has 3 N–H and O–H groups in total. The van der Waals surface area contributed by atoms with Gasteiger partial charge in [-0.2, -0.15) is 0 Å². The topological polar surface area (TPSA) is 95.9 Å². The minimum atomic E-state index is -0.797. The Balaban J connectivity index is 4.59. The molecule has 0 spiro atoms. The van der Waals surface area contributed by atoms with Crippen LogP contribution in [0.1, 0.15) is 290 Å². The lowest BCUT2D eigenvalue weighted by Crippen LogP contribution is -2.46. The number of carbonyl (C=O) groups is 2. The predicted molar refractivity (Wildman–Crippen MR) is 282 cm³/mol. The molecule has 0 saturated heterocycles. The second-order valence-electron chi connectivity index (χ2n) is 19.3. The molecule has 0 heterocycles. The molecule has 6 heteroatoms. The van der Waals surface area contributed by atoms with E-state index in [1.807, 2.05) is 0 Å². The number of hydrogen-bond donors (Lipinski definition) is 3. The van der Waals surface area contributed by atoms with Gasteiger partial charge in [0.25, 0.3) is 0 Å². The standard InChI is InChI=1S/C59H109NO5/c1-4-7-10-13-16-19-22-25-28-30-32-35-38-41-44-47-50-55(65-59(64)52-49-46-43-40-37-34-27-24-21-18-15-12-9-6-3)53-58(63)60-56(54-61)57(62)51-48-45-42-39-36-33-31-29-26-23-20-17-14-11-8-5-2/h9,12,18,21,28,30,32,35,55-57,61-62H,4-8,10-11,13-17,19-20,22-27,29,31,33-34,36-54H2,1-3H3,(H,60,63)/b12-9+,21-18+,30-28+,35-32+. The molecule has 3 unspecified atom stereocenters. The second kappa shape index (κ2) is 52.8. The Bertz CT molecular complexity index is 1110. The van der Waals surface area contributed by atoms with Gasteiger partial charge in [-0.1, -0.05) is 249 Å². The zero-order chi connectivity index (χ0) is 47.4. The molecular weight excluding hydrogens is 803 g/mol. The van der Waals surface area contributed by atoms with Crippen molar-refractivity contribution in [3.05, 3.63) is 48.6 Å². The average molecular weight is 913 g/mol. The molecule has 6 nitrogen and oxygen atoms in total. The second-order valence-corrected chi connectivity index (χ2v) is 19.3. The van der Waals surface area contributed by atoms with Gasteiger partial charge in [-0.05, 0) is 77.0 Å². The number of aliphatic hydroxyl groups excluding tert-OH is 2. The third-order valence-electron chi connectivity index (χ3n) is 12.9. The first-order valence-corrected chi connectivity index (χ1v) is 28.4. The molecule has 0 aromatic rings. The molecule has 1 amide bonds. The van der Waals surface area contributed by atoms with Gasteiger partial charge in [0.2, 0.25) is 5.91 Å². The van der Waals surface area contributed by atoms with E-state index in [4.69, 9.17) is 4.74 Å². The number of aliphatic hydroxyl groups is 2. The van der Waals surface area contributed by atoms with Crippen LogP contribution in [0.4, 0.5) is 0 Å². The van der Waals surface area contributed by atoms with Gasteiger partial charge >= 0.3 is 5.97 Å². The van der Waals surface area contributed by atoms with Crippen LogP contribution in [0.3, 0.4) is 0 Å². The third-order valence-corrected chi connectivity index (χ3v) is 12.9. The maximum atomic E-state index is 13.3. The van der Waals surface area contributed by atoms with Crippen LogP contribution in [0.5, 0.6) is 0 Å². The molecule has 0 aliphatic carbocycles. The summed E-state index contributed by atoms with van der Waals surface area (Å²) in [6.45, 7) is 6.39. The summed E-state index contributed by atoms with van der Waals surface area (Å²) in [5, 5.41) is 23.9. The van der Waals surface area contributed by atoms with E-state index in [0.29, 0.717) is 19.3 Å². The minimum absolute atomic E-state index is 0.0576. The largest absolute Gasteiger partial charge is 0.462 e. The number of unbranched alkanes of at least 4 members (excludes halogenated alkanes) is 32. The van der Waals surface area contributed by atoms with Crippen LogP contribution in [0.15, 0.2) is 48.6 Å². The SMILES string of the molecule is CC/C=C/C/C=C/CCCCCCCCCC(=O)OC(CCCCC/C=C/C=C/CCCCCCCCC)CC(=O)NC(CO)C(O)CCCCCCCCCCCCCCCCCC. The van der Waals surface area contributed by atoms with Crippen molar-refractivity contribution in [1.82, 2.24) is 5.32 Å². The maximum absolute atomic E-state index is 13.3. The minimum Gasteiger partial charge on any atom is -0.462 e. The Hall–Kier alpha value is -2.18.